The molecule has 3 aromatic rings. The van der Waals surface area contributed by atoms with Gasteiger partial charge < -0.3 is 18.6 Å². The fraction of sp³-hybridized carbons (Fsp3) is 0.316. The summed E-state index contributed by atoms with van der Waals surface area (Å²) in [4.78, 5) is 23.0. The van der Waals surface area contributed by atoms with Gasteiger partial charge in [-0.2, -0.15) is 0 Å². The van der Waals surface area contributed by atoms with E-state index in [2.05, 4.69) is 10.2 Å². The fourth-order valence-electron chi connectivity index (χ4n) is 3.09. The average Bonchev–Trinajstić information content (AvgIpc) is 3.45. The van der Waals surface area contributed by atoms with Gasteiger partial charge in [-0.05, 0) is 19.1 Å². The molecule has 3 heterocycles. The van der Waals surface area contributed by atoms with E-state index in [0.717, 1.165) is 0 Å². The number of nitro benzene ring substituents is 1. The van der Waals surface area contributed by atoms with Gasteiger partial charge in [0.15, 0.2) is 23.5 Å². The molecule has 1 aliphatic rings. The number of rotatable bonds is 8. The van der Waals surface area contributed by atoms with Crippen LogP contribution in [0.2, 0.25) is 0 Å². The summed E-state index contributed by atoms with van der Waals surface area (Å²) >= 11 is 1.18. The lowest BCUT2D eigenvalue weighted by Gasteiger charge is -2.20. The average molecular weight is 446 g/mol. The first-order valence-corrected chi connectivity index (χ1v) is 10.3. The first kappa shape index (κ1) is 20.9. The van der Waals surface area contributed by atoms with Crippen molar-refractivity contribution in [2.75, 3.05) is 12.5 Å². The number of benzene rings is 1. The van der Waals surface area contributed by atoms with Crippen LogP contribution < -0.4 is 4.74 Å². The van der Waals surface area contributed by atoms with Gasteiger partial charge in [0.05, 0.1) is 23.5 Å². The first-order chi connectivity index (χ1) is 15.1. The molecule has 12 heteroatoms. The lowest BCUT2D eigenvalue weighted by Crippen LogP contribution is -2.15. The molecule has 0 atom stereocenters. The van der Waals surface area contributed by atoms with E-state index in [-0.39, 0.29) is 31.4 Å². The number of ether oxygens (including phenoxy) is 3. The molecular weight excluding hydrogens is 428 g/mol. The predicted molar refractivity (Wildman–Crippen MR) is 107 cm³/mol. The largest absolute Gasteiger partial charge is 0.467 e. The maximum Gasteiger partial charge on any atom is 0.316 e. The number of esters is 1. The molecule has 0 saturated heterocycles. The summed E-state index contributed by atoms with van der Waals surface area (Å²) in [6.45, 7) is 2.61. The van der Waals surface area contributed by atoms with E-state index in [4.69, 9.17) is 18.6 Å². The van der Waals surface area contributed by atoms with Crippen molar-refractivity contribution in [2.24, 2.45) is 0 Å². The maximum absolute atomic E-state index is 12.3. The standard InChI is InChI=1S/C19H18N4O7S/c1-2-22-18(15-4-3-5-28-15)20-21-19(22)31-10-16(24)29-9-13-7-14(23(25)26)6-12-8-27-11-30-17(12)13/h3-7H,2,8-11H2,1H3. The van der Waals surface area contributed by atoms with Crippen LogP contribution in [0.1, 0.15) is 18.1 Å². The first-order valence-electron chi connectivity index (χ1n) is 9.33. The Labute approximate surface area is 180 Å². The van der Waals surface area contributed by atoms with E-state index >= 15 is 0 Å². The molecule has 0 amide bonds. The number of aromatic nitrogens is 3. The van der Waals surface area contributed by atoms with Gasteiger partial charge in [0, 0.05) is 29.8 Å². The molecule has 1 aromatic carbocycles. The zero-order chi connectivity index (χ0) is 21.8. The highest BCUT2D eigenvalue weighted by Crippen LogP contribution is 2.33. The summed E-state index contributed by atoms with van der Waals surface area (Å²) < 4.78 is 23.1. The highest BCUT2D eigenvalue weighted by atomic mass is 32.2. The van der Waals surface area contributed by atoms with E-state index < -0.39 is 10.9 Å². The minimum Gasteiger partial charge on any atom is -0.467 e. The van der Waals surface area contributed by atoms with Gasteiger partial charge in [-0.15, -0.1) is 10.2 Å². The highest BCUT2D eigenvalue weighted by Gasteiger charge is 2.22. The van der Waals surface area contributed by atoms with Crippen molar-refractivity contribution in [3.05, 3.63) is 51.8 Å². The number of nitrogens with zero attached hydrogens (tertiary/aromatic N) is 4. The van der Waals surface area contributed by atoms with Crippen LogP contribution in [0, 0.1) is 10.1 Å². The van der Waals surface area contributed by atoms with E-state index in [0.29, 0.717) is 40.2 Å². The van der Waals surface area contributed by atoms with E-state index in [9.17, 15) is 14.9 Å². The monoisotopic (exact) mass is 446 g/mol. The minimum atomic E-state index is -0.510. The minimum absolute atomic E-state index is 0.00261. The van der Waals surface area contributed by atoms with Crippen molar-refractivity contribution in [3.63, 3.8) is 0 Å². The summed E-state index contributed by atoms with van der Waals surface area (Å²) in [5.74, 6) is 1.11. The Balaban J connectivity index is 1.41. The quantitative estimate of drug-likeness (QED) is 0.220. The summed E-state index contributed by atoms with van der Waals surface area (Å²) in [6, 6.07) is 6.28. The SMILES string of the molecule is CCn1c(SCC(=O)OCc2cc([N+](=O)[O-])cc3c2OCOC3)nnc1-c1ccco1. The number of carbonyl (C=O) groups excluding carboxylic acids is 1. The Bertz CT molecular complexity index is 1100. The predicted octanol–water partition coefficient (Wildman–Crippen LogP) is 3.17. The second-order valence-corrected chi connectivity index (χ2v) is 7.38. The molecule has 0 saturated carbocycles. The van der Waals surface area contributed by atoms with Gasteiger partial charge in [-0.3, -0.25) is 19.5 Å². The van der Waals surface area contributed by atoms with Crippen molar-refractivity contribution >= 4 is 23.4 Å². The number of furan rings is 1. The molecule has 4 rings (SSSR count). The topological polar surface area (TPSA) is 132 Å². The van der Waals surface area contributed by atoms with Crippen LogP contribution >= 0.6 is 11.8 Å². The van der Waals surface area contributed by atoms with Gasteiger partial charge in [0.25, 0.3) is 5.69 Å². The molecule has 1 aliphatic heterocycles. The molecule has 0 spiro atoms. The van der Waals surface area contributed by atoms with Crippen molar-refractivity contribution in [1.29, 1.82) is 0 Å². The van der Waals surface area contributed by atoms with E-state index in [1.165, 1.54) is 23.9 Å². The summed E-state index contributed by atoms with van der Waals surface area (Å²) in [6.07, 6.45) is 1.55. The Hall–Kier alpha value is -3.38. The summed E-state index contributed by atoms with van der Waals surface area (Å²) in [5.41, 5.74) is 0.847. The third-order valence-corrected chi connectivity index (χ3v) is 5.41. The van der Waals surface area contributed by atoms with Crippen LogP contribution in [0.4, 0.5) is 5.69 Å². The number of hydrogen-bond acceptors (Lipinski definition) is 10. The molecule has 0 aliphatic carbocycles. The summed E-state index contributed by atoms with van der Waals surface area (Å²) in [7, 11) is 0. The molecule has 0 N–H and O–H groups in total. The van der Waals surface area contributed by atoms with Crippen LogP contribution in [0.15, 0.2) is 40.1 Å². The zero-order valence-corrected chi connectivity index (χ0v) is 17.3. The van der Waals surface area contributed by atoms with Gasteiger partial charge >= 0.3 is 5.97 Å². The van der Waals surface area contributed by atoms with E-state index in [1.54, 1.807) is 18.4 Å². The fourth-order valence-corrected chi connectivity index (χ4v) is 3.89. The molecule has 0 unspecified atom stereocenters. The lowest BCUT2D eigenvalue weighted by molar-refractivity contribution is -0.385. The molecule has 11 nitrogen and oxygen atoms in total. The second kappa shape index (κ2) is 9.18. The van der Waals surface area contributed by atoms with Crippen LogP contribution in [0.25, 0.3) is 11.6 Å². The zero-order valence-electron chi connectivity index (χ0n) is 16.5. The lowest BCUT2D eigenvalue weighted by atomic mass is 10.1. The molecule has 31 heavy (non-hydrogen) atoms. The van der Waals surface area contributed by atoms with Crippen molar-refractivity contribution in [2.45, 2.75) is 31.8 Å². The second-order valence-electron chi connectivity index (χ2n) is 6.44. The normalized spacial score (nSPS) is 12.8. The number of non-ortho nitro benzene ring substituents is 1. The van der Waals surface area contributed by atoms with Gasteiger partial charge in [0.1, 0.15) is 12.4 Å². The van der Waals surface area contributed by atoms with Crippen molar-refractivity contribution < 1.29 is 28.3 Å². The van der Waals surface area contributed by atoms with E-state index in [1.807, 2.05) is 11.5 Å². The Morgan fingerprint density at radius 1 is 1.39 bits per heavy atom. The third-order valence-electron chi connectivity index (χ3n) is 4.46. The number of fused-ring (bicyclic) bond motifs is 1. The Kier molecular flexibility index (Phi) is 6.18. The number of thioether (sulfide) groups is 1. The van der Waals surface area contributed by atoms with Crippen LogP contribution in [-0.2, 0) is 34.0 Å². The number of nitro groups is 1. The molecule has 0 bridgehead atoms. The molecular formula is C19H18N4O7S. The molecule has 162 valence electrons. The van der Waals surface area contributed by atoms with Crippen LogP contribution in [-0.4, -0.2) is 38.2 Å². The highest BCUT2D eigenvalue weighted by molar-refractivity contribution is 7.99. The van der Waals surface area contributed by atoms with Gasteiger partial charge in [-0.1, -0.05) is 11.8 Å². The molecule has 0 radical (unpaired) electrons. The molecule has 0 fully saturated rings. The van der Waals surface area contributed by atoms with Crippen molar-refractivity contribution in [1.82, 2.24) is 14.8 Å². The summed E-state index contributed by atoms with van der Waals surface area (Å²) in [5, 5.41) is 20.0. The third kappa shape index (κ3) is 4.54. The van der Waals surface area contributed by atoms with Gasteiger partial charge in [0.2, 0.25) is 0 Å². The van der Waals surface area contributed by atoms with Crippen LogP contribution in [0.5, 0.6) is 5.75 Å². The molecule has 2 aromatic heterocycles. The maximum atomic E-state index is 12.3. The number of hydrogen-bond donors (Lipinski definition) is 0. The van der Waals surface area contributed by atoms with Crippen LogP contribution in [0.3, 0.4) is 0 Å². The Morgan fingerprint density at radius 2 is 2.26 bits per heavy atom. The Morgan fingerprint density at radius 3 is 3.00 bits per heavy atom. The smallest absolute Gasteiger partial charge is 0.316 e. The van der Waals surface area contributed by atoms with Gasteiger partial charge in [-0.25, -0.2) is 0 Å². The van der Waals surface area contributed by atoms with Crippen molar-refractivity contribution in [3.8, 4) is 17.3 Å². The number of carbonyl (C=O) groups is 1.